The van der Waals surface area contributed by atoms with Crippen molar-refractivity contribution in [1.29, 1.82) is 0 Å². The van der Waals surface area contributed by atoms with Crippen LogP contribution in [0.3, 0.4) is 0 Å². The van der Waals surface area contributed by atoms with E-state index in [2.05, 4.69) is 4.98 Å². The van der Waals surface area contributed by atoms with Crippen molar-refractivity contribution in [3.63, 3.8) is 0 Å². The van der Waals surface area contributed by atoms with Crippen molar-refractivity contribution < 1.29 is 13.2 Å². The highest BCUT2D eigenvalue weighted by atomic mass is 32.2. The molecule has 2 aliphatic heterocycles. The Balaban J connectivity index is 1.61. The van der Waals surface area contributed by atoms with Crippen LogP contribution in [0.5, 0.6) is 0 Å². The van der Waals surface area contributed by atoms with Crippen molar-refractivity contribution in [2.75, 3.05) is 32.9 Å². The van der Waals surface area contributed by atoms with Crippen LogP contribution in [0, 0.1) is 5.92 Å². The number of aromatic nitrogens is 1. The van der Waals surface area contributed by atoms with Gasteiger partial charge in [-0.15, -0.1) is 0 Å². The number of para-hydroxylation sites is 1. The van der Waals surface area contributed by atoms with Gasteiger partial charge in [0.25, 0.3) is 5.91 Å². The van der Waals surface area contributed by atoms with Crippen molar-refractivity contribution in [3.8, 4) is 0 Å². The van der Waals surface area contributed by atoms with Gasteiger partial charge in [0.2, 0.25) is 0 Å². The Morgan fingerprint density at radius 3 is 2.68 bits per heavy atom. The van der Waals surface area contributed by atoms with Crippen LogP contribution in [0.4, 0.5) is 0 Å². The van der Waals surface area contributed by atoms with Crippen LogP contribution in [0.1, 0.15) is 10.5 Å². The monoisotopic (exact) mass is 359 g/mol. The third-order valence-corrected chi connectivity index (χ3v) is 7.66. The Morgan fingerprint density at radius 2 is 1.92 bits per heavy atom. The zero-order valence-corrected chi connectivity index (χ0v) is 15.1. The number of amides is 1. The fourth-order valence-electron chi connectivity index (χ4n) is 4.08. The largest absolute Gasteiger partial charge is 0.336 e. The first-order valence-electron chi connectivity index (χ1n) is 8.40. The lowest BCUT2D eigenvalue weighted by Gasteiger charge is -2.25. The molecule has 25 heavy (non-hydrogen) atoms. The molecule has 0 aliphatic carbocycles. The second kappa shape index (κ2) is 5.78. The van der Waals surface area contributed by atoms with Gasteiger partial charge in [0.1, 0.15) is 5.69 Å². The highest BCUT2D eigenvalue weighted by Gasteiger charge is 2.53. The Kier molecular flexibility index (Phi) is 3.81. The molecule has 0 saturated carbocycles. The molecule has 3 heterocycles. The van der Waals surface area contributed by atoms with Gasteiger partial charge < -0.3 is 9.80 Å². The number of nitrogens with zero attached hydrogens (tertiary/aromatic N) is 3. The Bertz CT molecular complexity index is 941. The molecule has 0 N–H and O–H groups in total. The molecule has 0 bridgehead atoms. The maximum Gasteiger partial charge on any atom is 0.272 e. The fourth-order valence-corrected chi connectivity index (χ4v) is 6.55. The molecule has 1 amide bonds. The molecule has 6 nitrogen and oxygen atoms in total. The molecule has 0 spiro atoms. The minimum atomic E-state index is -3.16. The highest BCUT2D eigenvalue weighted by molar-refractivity contribution is 7.92. The second-order valence-corrected chi connectivity index (χ2v) is 9.43. The smallest absolute Gasteiger partial charge is 0.272 e. The Hall–Kier alpha value is -1.99. The molecular weight excluding hydrogens is 338 g/mol. The molecule has 0 unspecified atom stereocenters. The van der Waals surface area contributed by atoms with Crippen LogP contribution in [0.2, 0.25) is 0 Å². The summed E-state index contributed by atoms with van der Waals surface area (Å²) in [6.45, 7) is 0.741. The molecular formula is C18H21N3O3S. The first-order chi connectivity index (χ1) is 11.9. The molecule has 3 atom stereocenters. The summed E-state index contributed by atoms with van der Waals surface area (Å²) in [4.78, 5) is 20.9. The Labute approximate surface area is 147 Å². The van der Waals surface area contributed by atoms with E-state index in [9.17, 15) is 13.2 Å². The van der Waals surface area contributed by atoms with Crippen LogP contribution in [0.15, 0.2) is 36.4 Å². The minimum Gasteiger partial charge on any atom is -0.336 e. The molecule has 1 aromatic carbocycles. The Morgan fingerprint density at radius 1 is 1.16 bits per heavy atom. The first kappa shape index (κ1) is 16.5. The second-order valence-electron chi connectivity index (χ2n) is 7.16. The summed E-state index contributed by atoms with van der Waals surface area (Å²) >= 11 is 0. The molecule has 2 fully saturated rings. The number of carbonyl (C=O) groups excluding carboxylic acids is 1. The van der Waals surface area contributed by atoms with Crippen molar-refractivity contribution in [3.05, 3.63) is 42.1 Å². The van der Waals surface area contributed by atoms with E-state index in [0.717, 1.165) is 10.9 Å². The summed E-state index contributed by atoms with van der Waals surface area (Å²) in [5, 5.41) is 0.525. The van der Waals surface area contributed by atoms with Crippen molar-refractivity contribution in [1.82, 2.24) is 14.8 Å². The van der Waals surface area contributed by atoms with E-state index in [4.69, 9.17) is 0 Å². The zero-order valence-electron chi connectivity index (χ0n) is 14.3. The van der Waals surface area contributed by atoms with Gasteiger partial charge in [-0.25, -0.2) is 13.4 Å². The predicted molar refractivity (Wildman–Crippen MR) is 96.2 cm³/mol. The zero-order chi connectivity index (χ0) is 17.8. The molecule has 0 radical (unpaired) electrons. The standard InChI is InChI=1S/C18H21N3O3S/c1-20(2)16-11-25(23,24)17-10-21(9-13(16)17)18(22)15-8-7-12-5-3-4-6-14(12)19-15/h3-8,13,16-17H,9-11H2,1-2H3/t13-,16+,17-/m0/s1. The highest BCUT2D eigenvalue weighted by Crippen LogP contribution is 2.36. The van der Waals surface area contributed by atoms with Crippen LogP contribution in [0.25, 0.3) is 10.9 Å². The van der Waals surface area contributed by atoms with Gasteiger partial charge >= 0.3 is 0 Å². The van der Waals surface area contributed by atoms with Crippen molar-refractivity contribution >= 4 is 26.6 Å². The summed E-state index contributed by atoms with van der Waals surface area (Å²) < 4.78 is 24.9. The van der Waals surface area contributed by atoms with Gasteiger partial charge in [-0.2, -0.15) is 0 Å². The summed E-state index contributed by atoms with van der Waals surface area (Å²) in [5.74, 6) is -0.0248. The third kappa shape index (κ3) is 2.71. The average molecular weight is 359 g/mol. The number of likely N-dealkylation sites (tertiary alicyclic amines) is 1. The lowest BCUT2D eigenvalue weighted by molar-refractivity contribution is 0.0774. The fraction of sp³-hybridized carbons (Fsp3) is 0.444. The van der Waals surface area contributed by atoms with E-state index in [0.29, 0.717) is 12.2 Å². The third-order valence-electron chi connectivity index (χ3n) is 5.44. The maximum absolute atomic E-state index is 12.9. The van der Waals surface area contributed by atoms with E-state index >= 15 is 0 Å². The minimum absolute atomic E-state index is 0.0237. The van der Waals surface area contributed by atoms with Crippen LogP contribution in [-0.4, -0.2) is 73.3 Å². The number of pyridine rings is 1. The number of fused-ring (bicyclic) bond motifs is 2. The van der Waals surface area contributed by atoms with Crippen LogP contribution < -0.4 is 0 Å². The summed E-state index contributed by atoms with van der Waals surface area (Å²) in [5.41, 5.74) is 1.14. The summed E-state index contributed by atoms with van der Waals surface area (Å²) in [7, 11) is 0.644. The topological polar surface area (TPSA) is 70.6 Å². The predicted octanol–water partition coefficient (Wildman–Crippen LogP) is 1.03. The van der Waals surface area contributed by atoms with E-state index in [1.807, 2.05) is 49.3 Å². The molecule has 1 aromatic heterocycles. The molecule has 2 saturated heterocycles. The summed E-state index contributed by atoms with van der Waals surface area (Å²) in [6.07, 6.45) is 0. The van der Waals surface area contributed by atoms with E-state index in [1.54, 1.807) is 11.0 Å². The number of hydrogen-bond acceptors (Lipinski definition) is 5. The lowest BCUT2D eigenvalue weighted by atomic mass is 10.00. The van der Waals surface area contributed by atoms with E-state index < -0.39 is 15.1 Å². The molecule has 2 aromatic rings. The van der Waals surface area contributed by atoms with Crippen molar-refractivity contribution in [2.24, 2.45) is 5.92 Å². The number of sulfone groups is 1. The maximum atomic E-state index is 12.9. The molecule has 7 heteroatoms. The number of rotatable bonds is 2. The normalized spacial score (nSPS) is 27.8. The first-order valence-corrected chi connectivity index (χ1v) is 10.1. The molecule has 4 rings (SSSR count). The molecule has 2 aliphatic rings. The van der Waals surface area contributed by atoms with Gasteiger partial charge in [0.15, 0.2) is 9.84 Å². The number of carbonyl (C=O) groups is 1. The van der Waals surface area contributed by atoms with Gasteiger partial charge in [0.05, 0.1) is 16.5 Å². The van der Waals surface area contributed by atoms with Gasteiger partial charge in [-0.3, -0.25) is 4.79 Å². The van der Waals surface area contributed by atoms with Gasteiger partial charge in [-0.05, 0) is 26.2 Å². The van der Waals surface area contributed by atoms with E-state index in [-0.39, 0.29) is 30.2 Å². The molecule has 132 valence electrons. The van der Waals surface area contributed by atoms with Crippen molar-refractivity contribution in [2.45, 2.75) is 11.3 Å². The number of benzene rings is 1. The van der Waals surface area contributed by atoms with Crippen LogP contribution in [-0.2, 0) is 9.84 Å². The number of hydrogen-bond donors (Lipinski definition) is 0. The summed E-state index contributed by atoms with van der Waals surface area (Å²) in [6, 6.07) is 11.2. The van der Waals surface area contributed by atoms with Gasteiger partial charge in [0, 0.05) is 30.4 Å². The average Bonchev–Trinajstić information content (AvgIpc) is 3.13. The van der Waals surface area contributed by atoms with Gasteiger partial charge in [-0.1, -0.05) is 24.3 Å². The lowest BCUT2D eigenvalue weighted by Crippen LogP contribution is -2.38. The quantitative estimate of drug-likeness (QED) is 0.801. The van der Waals surface area contributed by atoms with Crippen LogP contribution >= 0.6 is 0 Å². The van der Waals surface area contributed by atoms with E-state index in [1.165, 1.54) is 0 Å². The SMILES string of the molecule is CN(C)[C@@H]1CS(=O)(=O)[C@H]2CN(C(=O)c3ccc4ccccc4n3)C[C@@H]12.